The number of amides is 2. The molecule has 2 bridgehead atoms. The van der Waals surface area contributed by atoms with Crippen molar-refractivity contribution >= 4 is 39.1 Å². The summed E-state index contributed by atoms with van der Waals surface area (Å²) in [6.07, 6.45) is 1.01. The smallest absolute Gasteiger partial charge is 0.409 e. The molecule has 11 nitrogen and oxygen atoms in total. The highest BCUT2D eigenvalue weighted by Gasteiger charge is 2.55. The van der Waals surface area contributed by atoms with Crippen molar-refractivity contribution in [2.24, 2.45) is 11.7 Å². The second-order valence-electron chi connectivity index (χ2n) is 10.6. The SMILES string of the molecule is COC(=O)N1CC2CC(c3nnc(-c4cc5c(cc4F)S(=O)(=O)C[C@H](N)C(=O)N5Cc4ccc(Cl)cc4)o3)(C2)C1. The third kappa shape index (κ3) is 4.41. The maximum absolute atomic E-state index is 15.5. The van der Waals surface area contributed by atoms with Crippen molar-refractivity contribution in [1.82, 2.24) is 15.1 Å². The van der Waals surface area contributed by atoms with Crippen LogP contribution in [0.25, 0.3) is 11.5 Å². The van der Waals surface area contributed by atoms with Crippen LogP contribution in [0, 0.1) is 11.7 Å². The van der Waals surface area contributed by atoms with Gasteiger partial charge in [-0.1, -0.05) is 23.7 Å². The number of carbonyl (C=O) groups excluding carboxylic acids is 2. The summed E-state index contributed by atoms with van der Waals surface area (Å²) in [6.45, 7) is 0.868. The molecule has 1 aromatic heterocycles. The summed E-state index contributed by atoms with van der Waals surface area (Å²) in [5.74, 6) is -1.87. The Balaban J connectivity index is 1.40. The van der Waals surface area contributed by atoms with Gasteiger partial charge in [-0.3, -0.25) is 4.79 Å². The van der Waals surface area contributed by atoms with E-state index in [-0.39, 0.29) is 40.4 Å². The minimum absolute atomic E-state index is 0.0275. The quantitative estimate of drug-likeness (QED) is 0.484. The minimum Gasteiger partial charge on any atom is -0.453 e. The monoisotopic (exact) mass is 589 g/mol. The van der Waals surface area contributed by atoms with Crippen molar-refractivity contribution in [3.63, 3.8) is 0 Å². The summed E-state index contributed by atoms with van der Waals surface area (Å²) in [7, 11) is -2.80. The van der Waals surface area contributed by atoms with Gasteiger partial charge in [0.25, 0.3) is 5.89 Å². The molecule has 2 aromatic carbocycles. The third-order valence-electron chi connectivity index (χ3n) is 7.78. The molecule has 2 saturated heterocycles. The van der Waals surface area contributed by atoms with Crippen molar-refractivity contribution in [1.29, 1.82) is 0 Å². The summed E-state index contributed by atoms with van der Waals surface area (Å²) in [5.41, 5.74) is 5.86. The minimum atomic E-state index is -4.11. The van der Waals surface area contributed by atoms with E-state index in [0.29, 0.717) is 23.7 Å². The Bertz CT molecular complexity index is 1620. The molecule has 14 heteroatoms. The first-order valence-electron chi connectivity index (χ1n) is 12.5. The van der Waals surface area contributed by atoms with E-state index in [1.54, 1.807) is 29.2 Å². The molecule has 3 fully saturated rings. The van der Waals surface area contributed by atoms with Crippen LogP contribution in [0.2, 0.25) is 5.02 Å². The number of hydrogen-bond acceptors (Lipinski definition) is 9. The first-order valence-corrected chi connectivity index (χ1v) is 14.6. The molecule has 0 spiro atoms. The van der Waals surface area contributed by atoms with Crippen LogP contribution in [0.15, 0.2) is 45.7 Å². The highest BCUT2D eigenvalue weighted by molar-refractivity contribution is 7.91. The Morgan fingerprint density at radius 2 is 1.98 bits per heavy atom. The number of rotatable bonds is 4. The molecule has 7 rings (SSSR count). The number of hydrogen-bond donors (Lipinski definition) is 1. The lowest BCUT2D eigenvalue weighted by atomic mass is 9.58. The van der Waals surface area contributed by atoms with Gasteiger partial charge in [0.05, 0.1) is 47.0 Å². The summed E-state index contributed by atoms with van der Waals surface area (Å²) >= 11 is 5.99. The van der Waals surface area contributed by atoms with Crippen LogP contribution < -0.4 is 10.6 Å². The molecule has 4 heterocycles. The van der Waals surface area contributed by atoms with Gasteiger partial charge in [-0.05, 0) is 48.6 Å². The maximum atomic E-state index is 15.5. The largest absolute Gasteiger partial charge is 0.453 e. The van der Waals surface area contributed by atoms with Crippen LogP contribution >= 0.6 is 11.6 Å². The Labute approximate surface area is 233 Å². The van der Waals surface area contributed by atoms with Crippen molar-refractivity contribution in [3.05, 3.63) is 58.7 Å². The fourth-order valence-corrected chi connectivity index (χ4v) is 7.61. The number of anilines is 1. The second kappa shape index (κ2) is 9.53. The van der Waals surface area contributed by atoms with Gasteiger partial charge in [-0.2, -0.15) is 0 Å². The van der Waals surface area contributed by atoms with Crippen LogP contribution in [0.4, 0.5) is 14.9 Å². The summed E-state index contributed by atoms with van der Waals surface area (Å²) in [4.78, 5) is 27.9. The Hall–Kier alpha value is -3.55. The highest BCUT2D eigenvalue weighted by Crippen LogP contribution is 2.52. The first-order chi connectivity index (χ1) is 19.0. The highest BCUT2D eigenvalue weighted by atomic mass is 35.5. The number of ether oxygens (including phenoxy) is 1. The zero-order valence-electron chi connectivity index (χ0n) is 21.3. The van der Waals surface area contributed by atoms with Gasteiger partial charge in [-0.25, -0.2) is 17.6 Å². The van der Waals surface area contributed by atoms with Gasteiger partial charge >= 0.3 is 6.09 Å². The van der Waals surface area contributed by atoms with E-state index in [4.69, 9.17) is 26.5 Å². The van der Waals surface area contributed by atoms with Crippen LogP contribution in [0.1, 0.15) is 24.3 Å². The molecule has 40 heavy (non-hydrogen) atoms. The van der Waals surface area contributed by atoms with E-state index in [1.165, 1.54) is 18.1 Å². The van der Waals surface area contributed by atoms with Crippen molar-refractivity contribution in [3.8, 4) is 11.5 Å². The van der Waals surface area contributed by atoms with Gasteiger partial charge in [0.2, 0.25) is 11.8 Å². The van der Waals surface area contributed by atoms with Crippen molar-refractivity contribution in [2.45, 2.75) is 35.7 Å². The number of fused-ring (bicyclic) bond motifs is 3. The number of carbonyl (C=O) groups is 2. The molecule has 1 saturated carbocycles. The molecule has 3 aliphatic heterocycles. The van der Waals surface area contributed by atoms with Crippen LogP contribution in [0.3, 0.4) is 0 Å². The number of halogens is 2. The fraction of sp³-hybridized carbons (Fsp3) is 0.385. The number of sulfone groups is 1. The average molecular weight is 590 g/mol. The van der Waals surface area contributed by atoms with E-state index >= 15 is 4.39 Å². The number of nitrogens with zero attached hydrogens (tertiary/aromatic N) is 4. The zero-order chi connectivity index (χ0) is 28.4. The van der Waals surface area contributed by atoms with Crippen LogP contribution in [-0.4, -0.2) is 67.5 Å². The lowest BCUT2D eigenvalue weighted by Gasteiger charge is -2.53. The molecule has 4 aliphatic rings. The topological polar surface area (TPSA) is 149 Å². The number of piperidine rings is 2. The number of nitrogens with two attached hydrogens (primary N) is 1. The van der Waals surface area contributed by atoms with Crippen molar-refractivity contribution in [2.75, 3.05) is 30.9 Å². The lowest BCUT2D eigenvalue weighted by molar-refractivity contribution is -0.119. The van der Waals surface area contributed by atoms with Gasteiger partial charge in [-0.15, -0.1) is 10.2 Å². The van der Waals surface area contributed by atoms with E-state index in [2.05, 4.69) is 10.2 Å². The van der Waals surface area contributed by atoms with Gasteiger partial charge in [0, 0.05) is 18.1 Å². The van der Waals surface area contributed by atoms with Crippen LogP contribution in [-0.2, 0) is 31.3 Å². The van der Waals surface area contributed by atoms with Gasteiger partial charge in [0.15, 0.2) is 9.84 Å². The lowest BCUT2D eigenvalue weighted by Crippen LogP contribution is -2.60. The average Bonchev–Trinajstić information content (AvgIpc) is 3.39. The molecule has 1 atom stereocenters. The molecule has 0 unspecified atom stereocenters. The standard InChI is InChI=1S/C26H25ClFN5O6S/c1-38-25(35)32-10-15-8-26(9-15,13-32)24-31-30-22(39-24)17-6-20-21(7-18(17)28)40(36,37)12-19(29)23(34)33(20)11-14-2-4-16(27)5-3-14/h2-7,15,19H,8-13,29H2,1H3/t15?,19-,26?/m0/s1. The number of aromatic nitrogens is 2. The van der Waals surface area contributed by atoms with Gasteiger partial charge < -0.3 is 24.7 Å². The molecule has 0 radical (unpaired) electrons. The molecule has 2 N–H and O–H groups in total. The van der Waals surface area contributed by atoms with E-state index in [9.17, 15) is 18.0 Å². The molecular weight excluding hydrogens is 565 g/mol. The molecule has 1 aliphatic carbocycles. The van der Waals surface area contributed by atoms with Crippen LogP contribution in [0.5, 0.6) is 0 Å². The third-order valence-corrected chi connectivity index (χ3v) is 9.83. The molecular formula is C26H25ClFN5O6S. The van der Waals surface area contributed by atoms with Crippen molar-refractivity contribution < 1.29 is 31.6 Å². The molecule has 2 amide bonds. The summed E-state index contributed by atoms with van der Waals surface area (Å²) in [6, 6.07) is 7.42. The predicted octanol–water partition coefficient (Wildman–Crippen LogP) is 2.91. The molecule has 210 valence electrons. The maximum Gasteiger partial charge on any atom is 0.409 e. The number of benzene rings is 2. The fourth-order valence-electron chi connectivity index (χ4n) is 5.92. The van der Waals surface area contributed by atoms with Gasteiger partial charge in [0.1, 0.15) is 5.82 Å². The van der Waals surface area contributed by atoms with E-state index in [0.717, 1.165) is 18.9 Å². The second-order valence-corrected chi connectivity index (χ2v) is 13.0. The van der Waals surface area contributed by atoms with E-state index < -0.39 is 44.9 Å². The number of methoxy groups -OCH3 is 1. The predicted molar refractivity (Wildman–Crippen MR) is 141 cm³/mol. The Morgan fingerprint density at radius 3 is 2.67 bits per heavy atom. The first kappa shape index (κ1) is 26.7. The summed E-state index contributed by atoms with van der Waals surface area (Å²) < 4.78 is 52.5. The normalized spacial score (nSPS) is 25.1. The zero-order valence-corrected chi connectivity index (χ0v) is 22.9. The van der Waals surface area contributed by atoms with E-state index in [1.807, 2.05) is 0 Å². The Morgan fingerprint density at radius 1 is 1.25 bits per heavy atom. The Kier molecular flexibility index (Phi) is 6.35. The summed E-state index contributed by atoms with van der Waals surface area (Å²) in [5, 5.41) is 8.73. The molecule has 3 aromatic rings.